The second-order valence-corrected chi connectivity index (χ2v) is 3.66. The van der Waals surface area contributed by atoms with Crippen LogP contribution in [0.4, 0.5) is 0 Å². The monoisotopic (exact) mass is 140 g/mol. The van der Waals surface area contributed by atoms with Crippen LogP contribution in [0.2, 0.25) is 0 Å². The van der Waals surface area contributed by atoms with Gasteiger partial charge in [0.2, 0.25) is 0 Å². The molecule has 0 aromatic heterocycles. The zero-order valence-corrected chi connectivity index (χ0v) is 6.64. The van der Waals surface area contributed by atoms with Gasteiger partial charge in [-0.15, -0.1) is 0 Å². The van der Waals surface area contributed by atoms with E-state index in [4.69, 9.17) is 0 Å². The number of nitrogens with zero attached hydrogens (tertiary/aromatic N) is 1. The van der Waals surface area contributed by atoms with Crippen LogP contribution in [0.5, 0.6) is 0 Å². The summed E-state index contributed by atoms with van der Waals surface area (Å²) in [7, 11) is 2.22. The highest BCUT2D eigenvalue weighted by Gasteiger charge is 2.30. The molecule has 2 rings (SSSR count). The Morgan fingerprint density at radius 3 is 3.20 bits per heavy atom. The molecule has 0 bridgehead atoms. The highest BCUT2D eigenvalue weighted by molar-refractivity contribution is 4.89. The molecule has 2 nitrogen and oxygen atoms in total. The van der Waals surface area contributed by atoms with Gasteiger partial charge in [0.25, 0.3) is 0 Å². The van der Waals surface area contributed by atoms with Crippen LogP contribution in [0.25, 0.3) is 0 Å². The van der Waals surface area contributed by atoms with Crippen molar-refractivity contribution >= 4 is 0 Å². The van der Waals surface area contributed by atoms with Crippen molar-refractivity contribution in [2.24, 2.45) is 5.92 Å². The first kappa shape index (κ1) is 6.62. The fraction of sp³-hybridized carbons (Fsp3) is 1.00. The molecule has 2 aliphatic heterocycles. The molecule has 2 fully saturated rings. The van der Waals surface area contributed by atoms with Crippen molar-refractivity contribution in [3.8, 4) is 0 Å². The van der Waals surface area contributed by atoms with Gasteiger partial charge in [-0.25, -0.2) is 0 Å². The predicted molar refractivity (Wildman–Crippen MR) is 42.0 cm³/mol. The summed E-state index contributed by atoms with van der Waals surface area (Å²) in [5.74, 6) is 0.996. The fourth-order valence-corrected chi connectivity index (χ4v) is 2.19. The summed E-state index contributed by atoms with van der Waals surface area (Å²) in [6.07, 6.45) is 2.83. The molecule has 2 aliphatic rings. The first-order valence-corrected chi connectivity index (χ1v) is 4.28. The second-order valence-electron chi connectivity index (χ2n) is 3.66. The highest BCUT2D eigenvalue weighted by atomic mass is 15.1. The van der Waals surface area contributed by atoms with E-state index in [0.717, 1.165) is 12.0 Å². The van der Waals surface area contributed by atoms with Crippen LogP contribution < -0.4 is 5.32 Å². The molecule has 2 heteroatoms. The molecular formula is C8H16N2. The quantitative estimate of drug-likeness (QED) is 0.520. The van der Waals surface area contributed by atoms with Crippen LogP contribution in [0.3, 0.4) is 0 Å². The van der Waals surface area contributed by atoms with E-state index in [9.17, 15) is 0 Å². The number of piperidine rings is 1. The van der Waals surface area contributed by atoms with Gasteiger partial charge >= 0.3 is 0 Å². The standard InChI is InChI=1S/C8H16N2/c1-10-5-3-7-2-4-9-8(7)6-10/h7-9H,2-6H2,1H3/t7-,8-/m1/s1. The van der Waals surface area contributed by atoms with E-state index in [2.05, 4.69) is 17.3 Å². The van der Waals surface area contributed by atoms with Crippen molar-refractivity contribution in [2.75, 3.05) is 26.7 Å². The molecule has 0 aromatic rings. The smallest absolute Gasteiger partial charge is 0.0224 e. The van der Waals surface area contributed by atoms with Gasteiger partial charge < -0.3 is 10.2 Å². The van der Waals surface area contributed by atoms with Gasteiger partial charge in [-0.05, 0) is 38.9 Å². The van der Waals surface area contributed by atoms with Gasteiger partial charge in [0, 0.05) is 12.6 Å². The molecule has 2 heterocycles. The minimum Gasteiger partial charge on any atom is -0.312 e. The zero-order valence-electron chi connectivity index (χ0n) is 6.64. The summed E-state index contributed by atoms with van der Waals surface area (Å²) in [5, 5.41) is 3.55. The Morgan fingerprint density at radius 1 is 1.40 bits per heavy atom. The average molecular weight is 140 g/mol. The molecule has 10 heavy (non-hydrogen) atoms. The number of likely N-dealkylation sites (tertiary alicyclic amines) is 1. The van der Waals surface area contributed by atoms with E-state index in [1.54, 1.807) is 0 Å². The highest BCUT2D eigenvalue weighted by Crippen LogP contribution is 2.23. The van der Waals surface area contributed by atoms with Crippen LogP contribution in [-0.2, 0) is 0 Å². The normalized spacial score (nSPS) is 41.7. The number of nitrogens with one attached hydrogen (secondary N) is 1. The van der Waals surface area contributed by atoms with Crippen molar-refractivity contribution in [2.45, 2.75) is 18.9 Å². The first-order chi connectivity index (χ1) is 4.86. The molecular weight excluding hydrogens is 124 g/mol. The molecule has 0 spiro atoms. The first-order valence-electron chi connectivity index (χ1n) is 4.28. The van der Waals surface area contributed by atoms with E-state index in [-0.39, 0.29) is 0 Å². The fourth-order valence-electron chi connectivity index (χ4n) is 2.19. The maximum absolute atomic E-state index is 3.55. The summed E-state index contributed by atoms with van der Waals surface area (Å²) in [4.78, 5) is 2.43. The Kier molecular flexibility index (Phi) is 1.66. The van der Waals surface area contributed by atoms with Gasteiger partial charge in [-0.3, -0.25) is 0 Å². The van der Waals surface area contributed by atoms with Crippen molar-refractivity contribution in [1.82, 2.24) is 10.2 Å². The van der Waals surface area contributed by atoms with E-state index in [0.29, 0.717) is 0 Å². The lowest BCUT2D eigenvalue weighted by molar-refractivity contribution is 0.198. The number of fused-ring (bicyclic) bond motifs is 1. The zero-order chi connectivity index (χ0) is 6.97. The molecule has 0 unspecified atom stereocenters. The maximum atomic E-state index is 3.55. The largest absolute Gasteiger partial charge is 0.312 e. The SMILES string of the molecule is CN1CC[C@H]2CCN[C@@H]2C1. The summed E-state index contributed by atoms with van der Waals surface area (Å²) in [6.45, 7) is 3.83. The molecule has 1 N–H and O–H groups in total. The molecule has 58 valence electrons. The number of hydrogen-bond acceptors (Lipinski definition) is 2. The summed E-state index contributed by atoms with van der Waals surface area (Å²) in [6, 6.07) is 0.818. The third-order valence-corrected chi connectivity index (χ3v) is 2.88. The molecule has 2 saturated heterocycles. The van der Waals surface area contributed by atoms with Crippen LogP contribution in [0, 0.1) is 5.92 Å². The third-order valence-electron chi connectivity index (χ3n) is 2.88. The lowest BCUT2D eigenvalue weighted by Gasteiger charge is -2.31. The lowest BCUT2D eigenvalue weighted by atomic mass is 9.93. The van der Waals surface area contributed by atoms with E-state index < -0.39 is 0 Å². The third kappa shape index (κ3) is 1.06. The second kappa shape index (κ2) is 2.51. The van der Waals surface area contributed by atoms with Crippen LogP contribution in [-0.4, -0.2) is 37.6 Å². The topological polar surface area (TPSA) is 15.3 Å². The van der Waals surface area contributed by atoms with Gasteiger partial charge in [-0.1, -0.05) is 0 Å². The Morgan fingerprint density at radius 2 is 2.30 bits per heavy atom. The number of likely N-dealkylation sites (N-methyl/N-ethyl adjacent to an activating group) is 1. The van der Waals surface area contributed by atoms with Crippen LogP contribution in [0.15, 0.2) is 0 Å². The van der Waals surface area contributed by atoms with Crippen molar-refractivity contribution in [3.05, 3.63) is 0 Å². The van der Waals surface area contributed by atoms with E-state index in [1.807, 2.05) is 0 Å². The molecule has 0 aromatic carbocycles. The van der Waals surface area contributed by atoms with E-state index in [1.165, 1.54) is 32.5 Å². The summed E-state index contributed by atoms with van der Waals surface area (Å²) >= 11 is 0. The van der Waals surface area contributed by atoms with Gasteiger partial charge in [0.1, 0.15) is 0 Å². The molecule has 0 aliphatic carbocycles. The predicted octanol–water partition coefficient (Wildman–Crippen LogP) is 0.300. The Bertz CT molecular complexity index is 124. The van der Waals surface area contributed by atoms with Crippen molar-refractivity contribution in [1.29, 1.82) is 0 Å². The number of rotatable bonds is 0. The van der Waals surface area contributed by atoms with E-state index >= 15 is 0 Å². The Hall–Kier alpha value is -0.0800. The van der Waals surface area contributed by atoms with Crippen molar-refractivity contribution in [3.63, 3.8) is 0 Å². The molecule has 0 saturated carbocycles. The Balaban J connectivity index is 1.96. The molecule has 0 amide bonds. The molecule has 2 atom stereocenters. The van der Waals surface area contributed by atoms with Gasteiger partial charge in [-0.2, -0.15) is 0 Å². The summed E-state index contributed by atoms with van der Waals surface area (Å²) in [5.41, 5.74) is 0. The van der Waals surface area contributed by atoms with Gasteiger partial charge in [0.15, 0.2) is 0 Å². The minimum atomic E-state index is 0.818. The lowest BCUT2D eigenvalue weighted by Crippen LogP contribution is -2.44. The van der Waals surface area contributed by atoms with Crippen LogP contribution >= 0.6 is 0 Å². The maximum Gasteiger partial charge on any atom is 0.0224 e. The average Bonchev–Trinajstić information content (AvgIpc) is 2.33. The van der Waals surface area contributed by atoms with Crippen molar-refractivity contribution < 1.29 is 0 Å². The van der Waals surface area contributed by atoms with Gasteiger partial charge in [0.05, 0.1) is 0 Å². The minimum absolute atomic E-state index is 0.818. The summed E-state index contributed by atoms with van der Waals surface area (Å²) < 4.78 is 0. The van der Waals surface area contributed by atoms with Crippen LogP contribution in [0.1, 0.15) is 12.8 Å². The number of hydrogen-bond donors (Lipinski definition) is 1. The Labute approximate surface area is 62.6 Å². The molecule has 0 radical (unpaired) electrons.